The normalized spacial score (nSPS) is 13.8. The SMILES string of the molecule is CCCS(=O)(=O)N[C@@H](C)CCc1cccn1C. The van der Waals surface area contributed by atoms with Gasteiger partial charge in [0.2, 0.25) is 10.0 Å². The lowest BCUT2D eigenvalue weighted by Crippen LogP contribution is -2.34. The van der Waals surface area contributed by atoms with Gasteiger partial charge in [0.05, 0.1) is 5.75 Å². The van der Waals surface area contributed by atoms with Crippen LogP contribution in [0.25, 0.3) is 0 Å². The molecule has 4 nitrogen and oxygen atoms in total. The zero-order valence-corrected chi connectivity index (χ0v) is 11.6. The number of hydrogen-bond acceptors (Lipinski definition) is 2. The standard InChI is InChI=1S/C12H22N2O2S/c1-4-10-17(15,16)13-11(2)7-8-12-6-5-9-14(12)3/h5-6,9,11,13H,4,7-8,10H2,1-3H3/t11-/m0/s1. The van der Waals surface area contributed by atoms with Crippen LogP contribution < -0.4 is 4.72 Å². The van der Waals surface area contributed by atoms with Crippen molar-refractivity contribution in [3.63, 3.8) is 0 Å². The first-order chi connectivity index (χ1) is 7.94. The molecule has 1 aromatic rings. The molecule has 0 bridgehead atoms. The molecule has 1 aromatic heterocycles. The van der Waals surface area contributed by atoms with Gasteiger partial charge in [-0.05, 0) is 38.3 Å². The molecule has 1 heterocycles. The zero-order valence-electron chi connectivity index (χ0n) is 10.8. The fraction of sp³-hybridized carbons (Fsp3) is 0.667. The van der Waals surface area contributed by atoms with E-state index in [1.807, 2.05) is 33.2 Å². The maximum atomic E-state index is 11.6. The molecule has 0 amide bonds. The van der Waals surface area contributed by atoms with Crippen molar-refractivity contribution >= 4 is 10.0 Å². The number of rotatable bonds is 7. The van der Waals surface area contributed by atoms with Crippen LogP contribution in [0.5, 0.6) is 0 Å². The van der Waals surface area contributed by atoms with Gasteiger partial charge in [-0.1, -0.05) is 6.92 Å². The van der Waals surface area contributed by atoms with Gasteiger partial charge in [0.15, 0.2) is 0 Å². The average Bonchev–Trinajstić information content (AvgIpc) is 2.60. The summed E-state index contributed by atoms with van der Waals surface area (Å²) in [6.45, 7) is 3.78. The quantitative estimate of drug-likeness (QED) is 0.809. The molecule has 0 aromatic carbocycles. The lowest BCUT2D eigenvalue weighted by molar-refractivity contribution is 0.542. The smallest absolute Gasteiger partial charge is 0.211 e. The first-order valence-corrected chi connectivity index (χ1v) is 7.70. The van der Waals surface area contributed by atoms with Gasteiger partial charge in [-0.3, -0.25) is 0 Å². The van der Waals surface area contributed by atoms with Crippen LogP contribution in [0, 0.1) is 0 Å². The average molecular weight is 258 g/mol. The lowest BCUT2D eigenvalue weighted by atomic mass is 10.1. The maximum absolute atomic E-state index is 11.6. The molecule has 0 radical (unpaired) electrons. The second kappa shape index (κ2) is 6.21. The first-order valence-electron chi connectivity index (χ1n) is 6.05. The Morgan fingerprint density at radius 2 is 2.18 bits per heavy atom. The molecule has 0 saturated carbocycles. The van der Waals surface area contributed by atoms with Crippen molar-refractivity contribution in [3.05, 3.63) is 24.0 Å². The van der Waals surface area contributed by atoms with Gasteiger partial charge in [0.25, 0.3) is 0 Å². The summed E-state index contributed by atoms with van der Waals surface area (Å²) < 4.78 is 27.9. The molecule has 0 aliphatic carbocycles. The summed E-state index contributed by atoms with van der Waals surface area (Å²) in [5, 5.41) is 0. The second-order valence-corrected chi connectivity index (χ2v) is 6.36. The van der Waals surface area contributed by atoms with E-state index in [-0.39, 0.29) is 11.8 Å². The predicted octanol–water partition coefficient (Wildman–Crippen LogP) is 1.68. The molecule has 1 rings (SSSR count). The third-order valence-electron chi connectivity index (χ3n) is 2.74. The summed E-state index contributed by atoms with van der Waals surface area (Å²) in [6.07, 6.45) is 4.36. The van der Waals surface area contributed by atoms with E-state index in [2.05, 4.69) is 15.4 Å². The number of aryl methyl sites for hydroxylation is 2. The van der Waals surface area contributed by atoms with Crippen LogP contribution in [-0.2, 0) is 23.5 Å². The Labute approximate surface area is 104 Å². The van der Waals surface area contributed by atoms with Gasteiger partial charge in [0, 0.05) is 25.0 Å². The molecule has 0 spiro atoms. The number of sulfonamides is 1. The van der Waals surface area contributed by atoms with E-state index in [1.54, 1.807) is 0 Å². The van der Waals surface area contributed by atoms with Crippen molar-refractivity contribution < 1.29 is 8.42 Å². The monoisotopic (exact) mass is 258 g/mol. The largest absolute Gasteiger partial charge is 0.354 e. The minimum atomic E-state index is -3.09. The van der Waals surface area contributed by atoms with Crippen LogP contribution >= 0.6 is 0 Å². The fourth-order valence-electron chi connectivity index (χ4n) is 1.81. The number of aromatic nitrogens is 1. The third kappa shape index (κ3) is 4.91. The number of nitrogens with one attached hydrogen (secondary N) is 1. The Morgan fingerprint density at radius 3 is 2.71 bits per heavy atom. The van der Waals surface area contributed by atoms with Crippen LogP contribution in [0.3, 0.4) is 0 Å². The van der Waals surface area contributed by atoms with Crippen molar-refractivity contribution in [1.29, 1.82) is 0 Å². The van der Waals surface area contributed by atoms with E-state index in [1.165, 1.54) is 5.69 Å². The summed E-state index contributed by atoms with van der Waals surface area (Å²) in [5.41, 5.74) is 1.23. The van der Waals surface area contributed by atoms with Crippen LogP contribution in [0.2, 0.25) is 0 Å². The van der Waals surface area contributed by atoms with Gasteiger partial charge in [-0.15, -0.1) is 0 Å². The van der Waals surface area contributed by atoms with E-state index in [4.69, 9.17) is 0 Å². The molecule has 17 heavy (non-hydrogen) atoms. The highest BCUT2D eigenvalue weighted by atomic mass is 32.2. The van der Waals surface area contributed by atoms with Crippen molar-refractivity contribution in [2.75, 3.05) is 5.75 Å². The van der Waals surface area contributed by atoms with E-state index < -0.39 is 10.0 Å². The fourth-order valence-corrected chi connectivity index (χ4v) is 3.20. The molecule has 0 saturated heterocycles. The van der Waals surface area contributed by atoms with Crippen LogP contribution in [0.1, 0.15) is 32.4 Å². The van der Waals surface area contributed by atoms with Crippen molar-refractivity contribution in [1.82, 2.24) is 9.29 Å². The van der Waals surface area contributed by atoms with Crippen molar-refractivity contribution in [3.8, 4) is 0 Å². The van der Waals surface area contributed by atoms with E-state index >= 15 is 0 Å². The highest BCUT2D eigenvalue weighted by Crippen LogP contribution is 2.06. The molecule has 1 atom stereocenters. The highest BCUT2D eigenvalue weighted by Gasteiger charge is 2.13. The topological polar surface area (TPSA) is 51.1 Å². The minimum absolute atomic E-state index is 0.0125. The van der Waals surface area contributed by atoms with E-state index in [0.717, 1.165) is 12.8 Å². The molecule has 5 heteroatoms. The van der Waals surface area contributed by atoms with Gasteiger partial charge in [-0.2, -0.15) is 0 Å². The lowest BCUT2D eigenvalue weighted by Gasteiger charge is -2.14. The van der Waals surface area contributed by atoms with Gasteiger partial charge < -0.3 is 4.57 Å². The molecular formula is C12H22N2O2S. The van der Waals surface area contributed by atoms with E-state index in [9.17, 15) is 8.42 Å². The highest BCUT2D eigenvalue weighted by molar-refractivity contribution is 7.89. The van der Waals surface area contributed by atoms with Crippen LogP contribution in [0.4, 0.5) is 0 Å². The Balaban J connectivity index is 2.40. The molecule has 98 valence electrons. The predicted molar refractivity (Wildman–Crippen MR) is 70.4 cm³/mol. The summed E-state index contributed by atoms with van der Waals surface area (Å²) in [4.78, 5) is 0. The van der Waals surface area contributed by atoms with Crippen molar-refractivity contribution in [2.45, 2.75) is 39.2 Å². The zero-order chi connectivity index (χ0) is 12.9. The van der Waals surface area contributed by atoms with Crippen LogP contribution in [-0.4, -0.2) is 24.8 Å². The first kappa shape index (κ1) is 14.3. The summed E-state index contributed by atoms with van der Waals surface area (Å²) in [6, 6.07) is 4.05. The molecular weight excluding hydrogens is 236 g/mol. The van der Waals surface area contributed by atoms with Gasteiger partial charge >= 0.3 is 0 Å². The Hall–Kier alpha value is -0.810. The maximum Gasteiger partial charge on any atom is 0.211 e. The Kier molecular flexibility index (Phi) is 5.21. The minimum Gasteiger partial charge on any atom is -0.354 e. The van der Waals surface area contributed by atoms with E-state index in [0.29, 0.717) is 6.42 Å². The summed E-state index contributed by atoms with van der Waals surface area (Å²) in [5.74, 6) is 0.210. The third-order valence-corrected chi connectivity index (χ3v) is 4.45. The van der Waals surface area contributed by atoms with Crippen LogP contribution in [0.15, 0.2) is 18.3 Å². The molecule has 0 fully saturated rings. The Morgan fingerprint density at radius 1 is 1.47 bits per heavy atom. The van der Waals surface area contributed by atoms with Gasteiger partial charge in [0.1, 0.15) is 0 Å². The van der Waals surface area contributed by atoms with Gasteiger partial charge in [-0.25, -0.2) is 13.1 Å². The number of nitrogens with zero attached hydrogens (tertiary/aromatic N) is 1. The van der Waals surface area contributed by atoms with Crippen molar-refractivity contribution in [2.24, 2.45) is 7.05 Å². The molecule has 0 unspecified atom stereocenters. The molecule has 0 aliphatic heterocycles. The Bertz CT molecular complexity index is 437. The molecule has 1 N–H and O–H groups in total. The summed E-state index contributed by atoms with van der Waals surface area (Å²) in [7, 11) is -1.09. The molecule has 0 aliphatic rings. The second-order valence-electron chi connectivity index (χ2n) is 4.49. The number of hydrogen-bond donors (Lipinski definition) is 1. The summed E-state index contributed by atoms with van der Waals surface area (Å²) >= 11 is 0.